The van der Waals surface area contributed by atoms with Crippen LogP contribution in [-0.4, -0.2) is 13.1 Å². The zero-order valence-corrected chi connectivity index (χ0v) is 12.0. The fourth-order valence-electron chi connectivity index (χ4n) is 3.15. The molecule has 0 radical (unpaired) electrons. The molecule has 1 saturated carbocycles. The average Bonchev–Trinajstić information content (AvgIpc) is 3.30. The Bertz CT molecular complexity index is 612. The van der Waals surface area contributed by atoms with Crippen LogP contribution in [0.4, 0.5) is 8.78 Å². The van der Waals surface area contributed by atoms with E-state index in [1.807, 2.05) is 25.2 Å². The fourth-order valence-corrected chi connectivity index (χ4v) is 3.15. The van der Waals surface area contributed by atoms with Gasteiger partial charge in [0, 0.05) is 6.04 Å². The molecule has 3 unspecified atom stereocenters. The lowest BCUT2D eigenvalue weighted by atomic mass is 9.98. The van der Waals surface area contributed by atoms with E-state index in [2.05, 4.69) is 17.4 Å². The maximum atomic E-state index is 13.8. The second kappa shape index (κ2) is 5.94. The Kier molecular flexibility index (Phi) is 4.02. The van der Waals surface area contributed by atoms with E-state index < -0.39 is 11.6 Å². The highest BCUT2D eigenvalue weighted by molar-refractivity contribution is 5.28. The molecule has 2 aromatic rings. The van der Waals surface area contributed by atoms with Crippen LogP contribution >= 0.6 is 0 Å². The van der Waals surface area contributed by atoms with Crippen molar-refractivity contribution in [2.45, 2.75) is 24.8 Å². The molecule has 0 heterocycles. The standard InChI is InChI=1S/C18H19F2N/c1-21-17(10-13-8-5-9-16(19)18(13)20)15-11-14(15)12-6-3-2-4-7-12/h2-9,14-15,17,21H,10-11H2,1H3. The van der Waals surface area contributed by atoms with E-state index in [-0.39, 0.29) is 6.04 Å². The van der Waals surface area contributed by atoms with E-state index in [1.165, 1.54) is 5.56 Å². The molecule has 0 spiro atoms. The van der Waals surface area contributed by atoms with Gasteiger partial charge in [-0.1, -0.05) is 42.5 Å². The molecule has 1 N–H and O–H groups in total. The predicted octanol–water partition coefficient (Wildman–Crippen LogP) is 3.90. The SMILES string of the molecule is CNC(Cc1cccc(F)c1F)C1CC1c1ccccc1. The Labute approximate surface area is 124 Å². The molecule has 0 amide bonds. The maximum Gasteiger partial charge on any atom is 0.162 e. The fraction of sp³-hybridized carbons (Fsp3) is 0.333. The molecule has 21 heavy (non-hydrogen) atoms. The summed E-state index contributed by atoms with van der Waals surface area (Å²) in [6.07, 6.45) is 1.63. The highest BCUT2D eigenvalue weighted by Gasteiger charge is 2.43. The molecule has 1 aliphatic rings. The van der Waals surface area contributed by atoms with Gasteiger partial charge in [-0.3, -0.25) is 0 Å². The molecule has 3 atom stereocenters. The van der Waals surface area contributed by atoms with Crippen molar-refractivity contribution in [1.29, 1.82) is 0 Å². The molecule has 110 valence electrons. The summed E-state index contributed by atoms with van der Waals surface area (Å²) in [7, 11) is 1.89. The normalized spacial score (nSPS) is 22.0. The molecule has 0 bridgehead atoms. The van der Waals surface area contributed by atoms with Gasteiger partial charge in [0.15, 0.2) is 11.6 Å². The summed E-state index contributed by atoms with van der Waals surface area (Å²) in [5.74, 6) is -0.465. The van der Waals surface area contributed by atoms with Crippen LogP contribution in [0.1, 0.15) is 23.5 Å². The lowest BCUT2D eigenvalue weighted by molar-refractivity contribution is 0.459. The average molecular weight is 287 g/mol. The first-order chi connectivity index (χ1) is 10.2. The smallest absolute Gasteiger partial charge is 0.162 e. The van der Waals surface area contributed by atoms with E-state index in [0.717, 1.165) is 12.5 Å². The lowest BCUT2D eigenvalue weighted by Crippen LogP contribution is -2.30. The van der Waals surface area contributed by atoms with Gasteiger partial charge in [-0.2, -0.15) is 0 Å². The van der Waals surface area contributed by atoms with Crippen molar-refractivity contribution in [3.8, 4) is 0 Å². The van der Waals surface area contributed by atoms with Crippen LogP contribution < -0.4 is 5.32 Å². The van der Waals surface area contributed by atoms with Gasteiger partial charge in [-0.25, -0.2) is 8.78 Å². The topological polar surface area (TPSA) is 12.0 Å². The molecule has 1 fully saturated rings. The largest absolute Gasteiger partial charge is 0.316 e. The lowest BCUT2D eigenvalue weighted by Gasteiger charge is -2.17. The Morgan fingerprint density at radius 2 is 1.86 bits per heavy atom. The molecule has 1 nitrogen and oxygen atoms in total. The molecule has 0 aromatic heterocycles. The van der Waals surface area contributed by atoms with Gasteiger partial charge in [0.25, 0.3) is 0 Å². The van der Waals surface area contributed by atoms with Crippen LogP contribution in [0.3, 0.4) is 0 Å². The summed E-state index contributed by atoms with van der Waals surface area (Å²) < 4.78 is 27.1. The third kappa shape index (κ3) is 2.98. The van der Waals surface area contributed by atoms with E-state index in [4.69, 9.17) is 0 Å². The van der Waals surface area contributed by atoms with Crippen molar-refractivity contribution in [1.82, 2.24) is 5.32 Å². The summed E-state index contributed by atoms with van der Waals surface area (Å²) in [4.78, 5) is 0. The summed E-state index contributed by atoms with van der Waals surface area (Å²) in [5.41, 5.74) is 1.79. The molecular formula is C18H19F2N. The van der Waals surface area contributed by atoms with E-state index in [1.54, 1.807) is 12.1 Å². The van der Waals surface area contributed by atoms with E-state index in [0.29, 0.717) is 23.8 Å². The Morgan fingerprint density at radius 1 is 1.10 bits per heavy atom. The second-order valence-corrected chi connectivity index (χ2v) is 5.73. The first kappa shape index (κ1) is 14.2. The van der Waals surface area contributed by atoms with E-state index in [9.17, 15) is 8.78 Å². The molecular weight excluding hydrogens is 268 g/mol. The first-order valence-corrected chi connectivity index (χ1v) is 7.35. The maximum absolute atomic E-state index is 13.8. The summed E-state index contributed by atoms with van der Waals surface area (Å²) in [6, 6.07) is 15.0. The van der Waals surface area contributed by atoms with Crippen LogP contribution in [0.25, 0.3) is 0 Å². The van der Waals surface area contributed by atoms with Crippen molar-refractivity contribution in [2.75, 3.05) is 7.05 Å². The van der Waals surface area contributed by atoms with Crippen molar-refractivity contribution in [2.24, 2.45) is 5.92 Å². The molecule has 2 aromatic carbocycles. The van der Waals surface area contributed by atoms with Crippen molar-refractivity contribution >= 4 is 0 Å². The second-order valence-electron chi connectivity index (χ2n) is 5.73. The Hall–Kier alpha value is -1.74. The zero-order valence-electron chi connectivity index (χ0n) is 12.0. The third-order valence-electron chi connectivity index (χ3n) is 4.43. The Balaban J connectivity index is 1.71. The van der Waals surface area contributed by atoms with Crippen LogP contribution in [0.15, 0.2) is 48.5 Å². The van der Waals surface area contributed by atoms with Crippen molar-refractivity contribution < 1.29 is 8.78 Å². The van der Waals surface area contributed by atoms with Crippen LogP contribution in [-0.2, 0) is 6.42 Å². The quantitative estimate of drug-likeness (QED) is 0.879. The number of rotatable bonds is 5. The molecule has 0 aliphatic heterocycles. The van der Waals surface area contributed by atoms with Gasteiger partial charge in [0.05, 0.1) is 0 Å². The van der Waals surface area contributed by atoms with Crippen LogP contribution in [0, 0.1) is 17.6 Å². The number of benzene rings is 2. The molecule has 3 heteroatoms. The number of hydrogen-bond acceptors (Lipinski definition) is 1. The minimum absolute atomic E-state index is 0.173. The number of hydrogen-bond donors (Lipinski definition) is 1. The van der Waals surface area contributed by atoms with Crippen LogP contribution in [0.2, 0.25) is 0 Å². The van der Waals surface area contributed by atoms with E-state index >= 15 is 0 Å². The van der Waals surface area contributed by atoms with Gasteiger partial charge in [-0.15, -0.1) is 0 Å². The van der Waals surface area contributed by atoms with Gasteiger partial charge >= 0.3 is 0 Å². The highest BCUT2D eigenvalue weighted by atomic mass is 19.2. The summed E-state index contributed by atoms with van der Waals surface area (Å²) >= 11 is 0. The number of likely N-dealkylation sites (N-methyl/N-ethyl adjacent to an activating group) is 1. The zero-order chi connectivity index (χ0) is 14.8. The monoisotopic (exact) mass is 287 g/mol. The number of nitrogens with one attached hydrogen (secondary N) is 1. The van der Waals surface area contributed by atoms with Crippen molar-refractivity contribution in [3.05, 3.63) is 71.3 Å². The third-order valence-corrected chi connectivity index (χ3v) is 4.43. The molecule has 0 saturated heterocycles. The summed E-state index contributed by atoms with van der Waals surface area (Å²) in [5, 5.41) is 3.27. The molecule has 1 aliphatic carbocycles. The number of halogens is 2. The minimum atomic E-state index is -0.766. The minimum Gasteiger partial charge on any atom is -0.316 e. The first-order valence-electron chi connectivity index (χ1n) is 7.35. The molecule has 3 rings (SSSR count). The van der Waals surface area contributed by atoms with Gasteiger partial charge < -0.3 is 5.32 Å². The van der Waals surface area contributed by atoms with Gasteiger partial charge in [0.2, 0.25) is 0 Å². The summed E-state index contributed by atoms with van der Waals surface area (Å²) in [6.45, 7) is 0. The van der Waals surface area contributed by atoms with Crippen LogP contribution in [0.5, 0.6) is 0 Å². The Morgan fingerprint density at radius 3 is 2.57 bits per heavy atom. The predicted molar refractivity (Wildman–Crippen MR) is 80.2 cm³/mol. The van der Waals surface area contributed by atoms with Crippen molar-refractivity contribution in [3.63, 3.8) is 0 Å². The van der Waals surface area contributed by atoms with Gasteiger partial charge in [-0.05, 0) is 48.9 Å². The van der Waals surface area contributed by atoms with Gasteiger partial charge in [0.1, 0.15) is 0 Å². The highest BCUT2D eigenvalue weighted by Crippen LogP contribution is 2.50.